The lowest BCUT2D eigenvalue weighted by molar-refractivity contribution is -0.115. The monoisotopic (exact) mass is 345 g/mol. The maximum atomic E-state index is 12.2. The van der Waals surface area contributed by atoms with Crippen molar-refractivity contribution in [3.8, 4) is 0 Å². The number of anilines is 1. The molecule has 2 aromatic heterocycles. The number of aryl methyl sites for hydroxylation is 1. The quantitative estimate of drug-likeness (QED) is 0.832. The van der Waals surface area contributed by atoms with Gasteiger partial charge in [-0.05, 0) is 20.3 Å². The van der Waals surface area contributed by atoms with Gasteiger partial charge in [0.05, 0.1) is 19.3 Å². The lowest BCUT2D eigenvalue weighted by Gasteiger charge is -2.23. The largest absolute Gasteiger partial charge is 0.310 e. The van der Waals surface area contributed by atoms with Crippen LogP contribution in [0.1, 0.15) is 57.7 Å². The molecule has 8 heteroatoms. The minimum absolute atomic E-state index is 0.0605. The minimum atomic E-state index is -0.0605. The highest BCUT2D eigenvalue weighted by Gasteiger charge is 2.22. The first-order valence-corrected chi connectivity index (χ1v) is 8.94. The maximum Gasteiger partial charge on any atom is 0.239 e. The number of hydrogen-bond donors (Lipinski definition) is 2. The van der Waals surface area contributed by atoms with Crippen molar-refractivity contribution >= 4 is 11.7 Å². The number of hydrogen-bond acceptors (Lipinski definition) is 5. The van der Waals surface area contributed by atoms with Crippen molar-refractivity contribution in [2.24, 2.45) is 0 Å². The Kier molecular flexibility index (Phi) is 5.17. The summed E-state index contributed by atoms with van der Waals surface area (Å²) < 4.78 is 3.77. The molecule has 1 atom stereocenters. The van der Waals surface area contributed by atoms with Crippen molar-refractivity contribution in [3.63, 3.8) is 0 Å². The Morgan fingerprint density at radius 3 is 2.88 bits per heavy atom. The molecule has 1 aliphatic rings. The van der Waals surface area contributed by atoms with Crippen LogP contribution in [0.5, 0.6) is 0 Å². The number of amides is 1. The zero-order valence-electron chi connectivity index (χ0n) is 15.4. The van der Waals surface area contributed by atoms with Crippen LogP contribution in [0.2, 0.25) is 0 Å². The highest BCUT2D eigenvalue weighted by Crippen LogP contribution is 2.17. The van der Waals surface area contributed by atoms with E-state index < -0.39 is 0 Å². The van der Waals surface area contributed by atoms with E-state index in [0.29, 0.717) is 5.92 Å². The maximum absolute atomic E-state index is 12.2. The highest BCUT2D eigenvalue weighted by molar-refractivity contribution is 5.91. The van der Waals surface area contributed by atoms with Crippen LogP contribution in [0, 0.1) is 0 Å². The molecule has 0 saturated carbocycles. The molecule has 2 aromatic rings. The van der Waals surface area contributed by atoms with Gasteiger partial charge in [-0.2, -0.15) is 10.2 Å². The van der Waals surface area contributed by atoms with Crippen molar-refractivity contribution in [3.05, 3.63) is 23.9 Å². The Hall–Kier alpha value is -2.22. The number of nitrogens with zero attached hydrogens (tertiary/aromatic N) is 5. The van der Waals surface area contributed by atoms with Crippen molar-refractivity contribution in [2.45, 2.75) is 65.1 Å². The molecule has 3 heterocycles. The highest BCUT2D eigenvalue weighted by atomic mass is 16.2. The van der Waals surface area contributed by atoms with Crippen LogP contribution < -0.4 is 10.6 Å². The normalized spacial score (nSPS) is 17.1. The molecule has 0 fully saturated rings. The number of aromatic nitrogens is 5. The molecular weight excluding hydrogens is 318 g/mol. The third-order valence-corrected chi connectivity index (χ3v) is 4.37. The second kappa shape index (κ2) is 7.35. The smallest absolute Gasteiger partial charge is 0.239 e. The second-order valence-electron chi connectivity index (χ2n) is 7.14. The van der Waals surface area contributed by atoms with Gasteiger partial charge in [0, 0.05) is 30.5 Å². The summed E-state index contributed by atoms with van der Waals surface area (Å²) in [5.74, 6) is 2.95. The van der Waals surface area contributed by atoms with Gasteiger partial charge in [0.2, 0.25) is 5.91 Å². The molecule has 1 unspecified atom stereocenters. The van der Waals surface area contributed by atoms with Crippen LogP contribution in [-0.4, -0.2) is 43.0 Å². The van der Waals surface area contributed by atoms with Gasteiger partial charge in [-0.15, -0.1) is 0 Å². The summed E-state index contributed by atoms with van der Waals surface area (Å²) in [6.07, 6.45) is 3.55. The van der Waals surface area contributed by atoms with Crippen LogP contribution in [0.4, 0.5) is 5.82 Å². The van der Waals surface area contributed by atoms with Gasteiger partial charge in [-0.1, -0.05) is 13.8 Å². The molecule has 2 N–H and O–H groups in total. The van der Waals surface area contributed by atoms with Gasteiger partial charge < -0.3 is 10.6 Å². The Labute approximate surface area is 148 Å². The Bertz CT molecular complexity index is 731. The van der Waals surface area contributed by atoms with Crippen molar-refractivity contribution < 1.29 is 4.79 Å². The molecule has 0 aliphatic carbocycles. The summed E-state index contributed by atoms with van der Waals surface area (Å²) in [5.41, 5.74) is 0. The van der Waals surface area contributed by atoms with E-state index in [1.165, 1.54) is 0 Å². The van der Waals surface area contributed by atoms with Gasteiger partial charge in [0.15, 0.2) is 5.82 Å². The molecule has 136 valence electrons. The van der Waals surface area contributed by atoms with E-state index in [1.54, 1.807) is 10.9 Å². The van der Waals surface area contributed by atoms with Crippen molar-refractivity contribution in [1.82, 2.24) is 29.9 Å². The molecule has 1 amide bonds. The first-order chi connectivity index (χ1) is 11.9. The van der Waals surface area contributed by atoms with Gasteiger partial charge in [0.25, 0.3) is 0 Å². The summed E-state index contributed by atoms with van der Waals surface area (Å²) in [4.78, 5) is 16.8. The van der Waals surface area contributed by atoms with E-state index >= 15 is 0 Å². The molecule has 0 bridgehead atoms. The summed E-state index contributed by atoms with van der Waals surface area (Å²) in [5, 5.41) is 15.0. The van der Waals surface area contributed by atoms with E-state index in [2.05, 4.69) is 39.7 Å². The molecule has 0 aromatic carbocycles. The first kappa shape index (κ1) is 17.6. The van der Waals surface area contributed by atoms with E-state index in [0.717, 1.165) is 36.9 Å². The van der Waals surface area contributed by atoms with E-state index in [4.69, 9.17) is 0 Å². The molecule has 25 heavy (non-hydrogen) atoms. The average Bonchev–Trinajstić information content (AvgIpc) is 3.18. The predicted octanol–water partition coefficient (Wildman–Crippen LogP) is 1.72. The molecule has 0 radical (unpaired) electrons. The summed E-state index contributed by atoms with van der Waals surface area (Å²) >= 11 is 0. The van der Waals surface area contributed by atoms with Gasteiger partial charge in [0.1, 0.15) is 11.6 Å². The van der Waals surface area contributed by atoms with Crippen molar-refractivity contribution in [2.75, 3.05) is 11.9 Å². The number of fused-ring (bicyclic) bond motifs is 1. The van der Waals surface area contributed by atoms with Gasteiger partial charge in [-0.25, -0.2) is 14.3 Å². The summed E-state index contributed by atoms with van der Waals surface area (Å²) in [7, 11) is 0. The Balaban J connectivity index is 1.52. The van der Waals surface area contributed by atoms with Gasteiger partial charge in [-0.3, -0.25) is 4.79 Å². The lowest BCUT2D eigenvalue weighted by Crippen LogP contribution is -2.41. The van der Waals surface area contributed by atoms with Crippen molar-refractivity contribution in [1.29, 1.82) is 0 Å². The van der Waals surface area contributed by atoms with E-state index in [9.17, 15) is 4.79 Å². The first-order valence-electron chi connectivity index (χ1n) is 8.94. The Morgan fingerprint density at radius 2 is 2.16 bits per heavy atom. The third kappa shape index (κ3) is 4.07. The third-order valence-electron chi connectivity index (χ3n) is 4.37. The predicted molar refractivity (Wildman–Crippen MR) is 95.5 cm³/mol. The Morgan fingerprint density at radius 1 is 1.36 bits per heavy atom. The van der Waals surface area contributed by atoms with Crippen LogP contribution >= 0.6 is 0 Å². The summed E-state index contributed by atoms with van der Waals surface area (Å²) in [6, 6.07) is 2.25. The fourth-order valence-corrected chi connectivity index (χ4v) is 2.99. The van der Waals surface area contributed by atoms with Crippen LogP contribution in [0.3, 0.4) is 0 Å². The van der Waals surface area contributed by atoms with Crippen LogP contribution in [-0.2, 0) is 17.8 Å². The zero-order valence-corrected chi connectivity index (χ0v) is 15.4. The fourth-order valence-electron chi connectivity index (χ4n) is 2.99. The fraction of sp³-hybridized carbons (Fsp3) is 0.647. The van der Waals surface area contributed by atoms with Gasteiger partial charge >= 0.3 is 0 Å². The van der Waals surface area contributed by atoms with Crippen LogP contribution in [0.25, 0.3) is 0 Å². The minimum Gasteiger partial charge on any atom is -0.310 e. The van der Waals surface area contributed by atoms with E-state index in [1.807, 2.05) is 24.6 Å². The molecule has 0 saturated heterocycles. The summed E-state index contributed by atoms with van der Waals surface area (Å²) in [6.45, 7) is 9.29. The molecule has 8 nitrogen and oxygen atoms in total. The standard InChI is InChI=1S/C17H27N7O/c1-11(2)17-21-14-6-5-13(10-23(14)22-17)18-9-16(25)20-15-7-8-19-24(15)12(3)4/h7-8,11-13,18H,5-6,9-10H2,1-4H3,(H,20,25). The topological polar surface area (TPSA) is 89.7 Å². The lowest BCUT2D eigenvalue weighted by atomic mass is 10.1. The second-order valence-corrected chi connectivity index (χ2v) is 7.14. The molecule has 1 aliphatic heterocycles. The molecule has 0 spiro atoms. The number of rotatable bonds is 6. The average molecular weight is 345 g/mol. The number of nitrogens with one attached hydrogen (secondary N) is 2. The molecular formula is C17H27N7O. The van der Waals surface area contributed by atoms with Crippen LogP contribution in [0.15, 0.2) is 12.3 Å². The number of carbonyl (C=O) groups is 1. The SMILES string of the molecule is CC(C)c1nc2n(n1)CC(NCC(=O)Nc1ccnn1C(C)C)CC2. The molecule has 3 rings (SSSR count). The number of carbonyl (C=O) groups excluding carboxylic acids is 1. The zero-order chi connectivity index (χ0) is 18.0. The van der Waals surface area contributed by atoms with E-state index in [-0.39, 0.29) is 24.5 Å².